The van der Waals surface area contributed by atoms with Gasteiger partial charge in [0.25, 0.3) is 8.32 Å². The zero-order chi connectivity index (χ0) is 36.6. The van der Waals surface area contributed by atoms with Gasteiger partial charge in [0, 0.05) is 14.2 Å². The molecule has 8 atom stereocenters. The van der Waals surface area contributed by atoms with Gasteiger partial charge < -0.3 is 48.2 Å². The van der Waals surface area contributed by atoms with Gasteiger partial charge in [0.1, 0.15) is 42.7 Å². The summed E-state index contributed by atoms with van der Waals surface area (Å²) >= 11 is 0. The number of aliphatic hydroxyl groups is 3. The summed E-state index contributed by atoms with van der Waals surface area (Å²) in [5.74, 6) is -1.57. The summed E-state index contributed by atoms with van der Waals surface area (Å²) in [5.41, 5.74) is 0. The van der Waals surface area contributed by atoms with Crippen LogP contribution in [-0.4, -0.2) is 111 Å². The van der Waals surface area contributed by atoms with E-state index < -0.39 is 62.6 Å². The average Bonchev–Trinajstić information content (AvgIpc) is 3.55. The lowest BCUT2D eigenvalue weighted by Gasteiger charge is -2.43. The number of methoxy groups -OCH3 is 2. The van der Waals surface area contributed by atoms with E-state index in [2.05, 4.69) is 75.9 Å². The maximum Gasteiger partial charge on any atom is 0.261 e. The molecule has 0 radical (unpaired) electrons. The zero-order valence-corrected chi connectivity index (χ0v) is 32.0. The molecule has 2 aliphatic rings. The topological polar surface area (TPSA) is 125 Å². The van der Waals surface area contributed by atoms with Gasteiger partial charge in [0.05, 0.1) is 19.3 Å². The van der Waals surface area contributed by atoms with E-state index in [4.69, 9.17) is 32.8 Å². The average molecular weight is 705 g/mol. The first kappa shape index (κ1) is 41.4. The van der Waals surface area contributed by atoms with E-state index in [-0.39, 0.29) is 17.7 Å². The summed E-state index contributed by atoms with van der Waals surface area (Å²) in [4.78, 5) is 0. The first-order valence-corrected chi connectivity index (χ1v) is 19.0. The van der Waals surface area contributed by atoms with Crippen molar-refractivity contribution in [1.29, 1.82) is 0 Å². The van der Waals surface area contributed by atoms with Crippen LogP contribution in [-0.2, 0) is 32.8 Å². The summed E-state index contributed by atoms with van der Waals surface area (Å²) in [5, 5.41) is 31.8. The highest BCUT2D eigenvalue weighted by molar-refractivity contribution is 6.99. The van der Waals surface area contributed by atoms with Crippen LogP contribution in [0.4, 0.5) is 0 Å². The Morgan fingerprint density at radius 3 is 1.63 bits per heavy atom. The predicted molar refractivity (Wildman–Crippen MR) is 192 cm³/mol. The van der Waals surface area contributed by atoms with Crippen LogP contribution in [0.3, 0.4) is 0 Å². The summed E-state index contributed by atoms with van der Waals surface area (Å²) < 4.78 is 41.6. The van der Waals surface area contributed by atoms with Crippen molar-refractivity contribution in [2.45, 2.75) is 127 Å². The molecule has 2 aromatic carbocycles. The van der Waals surface area contributed by atoms with Gasteiger partial charge in [-0.25, -0.2) is 0 Å². The molecule has 2 aromatic rings. The fourth-order valence-electron chi connectivity index (χ4n) is 6.87. The van der Waals surface area contributed by atoms with Crippen molar-refractivity contribution in [3.05, 3.63) is 73.3 Å². The minimum absolute atomic E-state index is 0.135. The molecule has 10 nitrogen and oxygen atoms in total. The van der Waals surface area contributed by atoms with Gasteiger partial charge in [-0.2, -0.15) is 0 Å². The molecule has 2 aliphatic heterocycles. The highest BCUT2D eigenvalue weighted by Crippen LogP contribution is 2.39. The van der Waals surface area contributed by atoms with Crippen LogP contribution in [0, 0.1) is 0 Å². The second-order valence-corrected chi connectivity index (χ2v) is 18.8. The smallest absolute Gasteiger partial charge is 0.261 e. The van der Waals surface area contributed by atoms with Crippen molar-refractivity contribution in [1.82, 2.24) is 0 Å². The molecule has 4 rings (SSSR count). The van der Waals surface area contributed by atoms with Gasteiger partial charge >= 0.3 is 0 Å². The standard InChI is InChI=1S/C27H40O5Si.C11H20O5/c1-8-22(28)24(29-7)25-23(31-27(5,6)32-25)19-30-33(26(2,3)4,20-15-11-9-12-16-20)21-17-13-10-14-18-21;1-5-7(13)9(14-4)10-8(6-12)15-11(2,3)16-10/h9-18,22-25,28H,8,19H2,1-7H3;5,7-10,12-13H,1,6H2,2-4H3/t22-,23-,24-,25-;7-,8-,9-,10-/m00/s1. The predicted octanol–water partition coefficient (Wildman–Crippen LogP) is 3.93. The largest absolute Gasteiger partial charge is 0.405 e. The summed E-state index contributed by atoms with van der Waals surface area (Å²) in [7, 11) is 0.370. The van der Waals surface area contributed by atoms with Crippen molar-refractivity contribution in [3.8, 4) is 0 Å². The molecule has 2 heterocycles. The van der Waals surface area contributed by atoms with E-state index >= 15 is 0 Å². The van der Waals surface area contributed by atoms with E-state index in [1.54, 1.807) is 21.0 Å². The Kier molecular flexibility index (Phi) is 14.8. The molecule has 276 valence electrons. The van der Waals surface area contributed by atoms with Gasteiger partial charge in [-0.05, 0) is 49.5 Å². The van der Waals surface area contributed by atoms with Gasteiger partial charge in [-0.1, -0.05) is 94.4 Å². The second-order valence-electron chi connectivity index (χ2n) is 14.5. The van der Waals surface area contributed by atoms with Crippen LogP contribution in [0.2, 0.25) is 5.04 Å². The molecule has 0 unspecified atom stereocenters. The van der Waals surface area contributed by atoms with Crippen molar-refractivity contribution >= 4 is 18.7 Å². The Bertz CT molecular complexity index is 1230. The van der Waals surface area contributed by atoms with Gasteiger partial charge in [0.2, 0.25) is 0 Å². The zero-order valence-electron chi connectivity index (χ0n) is 31.0. The highest BCUT2D eigenvalue weighted by Gasteiger charge is 2.53. The van der Waals surface area contributed by atoms with Crippen molar-refractivity contribution < 1.29 is 48.2 Å². The molecule has 49 heavy (non-hydrogen) atoms. The van der Waals surface area contributed by atoms with E-state index in [1.165, 1.54) is 23.6 Å². The molecule has 0 saturated carbocycles. The lowest BCUT2D eigenvalue weighted by molar-refractivity contribution is -0.167. The maximum absolute atomic E-state index is 10.6. The van der Waals surface area contributed by atoms with Crippen LogP contribution >= 0.6 is 0 Å². The number of rotatable bonds is 14. The molecule has 3 N–H and O–H groups in total. The Labute approximate surface area is 294 Å². The van der Waals surface area contributed by atoms with Crippen molar-refractivity contribution in [2.24, 2.45) is 0 Å². The normalized spacial score (nSPS) is 25.9. The fourth-order valence-corrected chi connectivity index (χ4v) is 11.4. The van der Waals surface area contributed by atoms with Crippen LogP contribution in [0.1, 0.15) is 61.8 Å². The molecule has 2 saturated heterocycles. The van der Waals surface area contributed by atoms with Crippen LogP contribution in [0.15, 0.2) is 73.3 Å². The molecule has 0 aromatic heterocycles. The Balaban J connectivity index is 0.000000341. The first-order chi connectivity index (χ1) is 23.0. The number of hydrogen-bond acceptors (Lipinski definition) is 10. The summed E-state index contributed by atoms with van der Waals surface area (Å²) in [6.45, 7) is 19.7. The third kappa shape index (κ3) is 9.87. The molecule has 0 aliphatic carbocycles. The van der Waals surface area contributed by atoms with Gasteiger partial charge in [0.15, 0.2) is 11.6 Å². The third-order valence-corrected chi connectivity index (χ3v) is 14.1. The minimum atomic E-state index is -2.71. The van der Waals surface area contributed by atoms with Crippen LogP contribution in [0.5, 0.6) is 0 Å². The Morgan fingerprint density at radius 1 is 0.796 bits per heavy atom. The number of hydrogen-bond donors (Lipinski definition) is 3. The van der Waals surface area contributed by atoms with Crippen molar-refractivity contribution in [3.63, 3.8) is 0 Å². The molecule has 0 bridgehead atoms. The van der Waals surface area contributed by atoms with E-state index in [1.807, 2.05) is 32.9 Å². The molecular formula is C38H60O10Si. The molecule has 2 fully saturated rings. The van der Waals surface area contributed by atoms with E-state index in [0.29, 0.717) is 13.0 Å². The number of aliphatic hydroxyl groups excluding tert-OH is 3. The Hall–Kier alpha value is -2.00. The number of benzene rings is 2. The first-order valence-electron chi connectivity index (χ1n) is 17.1. The Morgan fingerprint density at radius 2 is 1.24 bits per heavy atom. The monoisotopic (exact) mass is 704 g/mol. The lowest BCUT2D eigenvalue weighted by Crippen LogP contribution is -2.67. The van der Waals surface area contributed by atoms with Crippen molar-refractivity contribution in [2.75, 3.05) is 27.4 Å². The lowest BCUT2D eigenvalue weighted by atomic mass is 10.0. The SMILES string of the molecule is C=C[C@H](O)[C@H](OC)[C@H]1OC(C)(C)O[C@H]1CO.CC[C@H](O)[C@H](OC)[C@H]1OC(C)(C)O[C@H]1CO[Si](c1ccccc1)(c1ccccc1)C(C)(C)C. The fraction of sp³-hybridized carbons (Fsp3) is 0.632. The third-order valence-electron chi connectivity index (χ3n) is 9.07. The van der Waals surface area contributed by atoms with E-state index in [9.17, 15) is 15.3 Å². The molecule has 11 heteroatoms. The maximum atomic E-state index is 10.6. The minimum Gasteiger partial charge on any atom is -0.405 e. The highest BCUT2D eigenvalue weighted by atomic mass is 28.4. The van der Waals surface area contributed by atoms with Crippen LogP contribution in [0.25, 0.3) is 0 Å². The quantitative estimate of drug-likeness (QED) is 0.197. The number of ether oxygens (including phenoxy) is 6. The summed E-state index contributed by atoms with van der Waals surface area (Å²) in [6, 6.07) is 21.1. The molecule has 0 spiro atoms. The van der Waals surface area contributed by atoms with Gasteiger partial charge in [-0.3, -0.25) is 0 Å². The van der Waals surface area contributed by atoms with Gasteiger partial charge in [-0.15, -0.1) is 6.58 Å². The van der Waals surface area contributed by atoms with E-state index in [0.717, 1.165) is 0 Å². The molecule has 0 amide bonds. The van der Waals surface area contributed by atoms with Crippen LogP contribution < -0.4 is 10.4 Å². The second kappa shape index (κ2) is 17.5. The molecular weight excluding hydrogens is 644 g/mol. The summed E-state index contributed by atoms with van der Waals surface area (Å²) in [6.07, 6.45) is -2.48.